The van der Waals surface area contributed by atoms with Crippen molar-refractivity contribution in [1.82, 2.24) is 0 Å². The van der Waals surface area contributed by atoms with Crippen LogP contribution in [0.3, 0.4) is 0 Å². The maximum Gasteiger partial charge on any atom is 0.338 e. The largest absolute Gasteiger partial charge is 0.459 e. The molecule has 2 aromatic rings. The van der Waals surface area contributed by atoms with Crippen molar-refractivity contribution in [1.29, 1.82) is 0 Å². The van der Waals surface area contributed by atoms with Gasteiger partial charge in [0.25, 0.3) is 0 Å². The lowest BCUT2D eigenvalue weighted by Gasteiger charge is -2.32. The van der Waals surface area contributed by atoms with E-state index < -0.39 is 48.8 Å². The van der Waals surface area contributed by atoms with Crippen LogP contribution in [0.5, 0.6) is 0 Å². The number of ketones is 1. The number of esters is 3. The highest BCUT2D eigenvalue weighted by Crippen LogP contribution is 2.21. The highest BCUT2D eigenvalue weighted by molar-refractivity contribution is 5.94. The number of carbonyl (C=O) groups is 4. The molecule has 2 aliphatic rings. The van der Waals surface area contributed by atoms with E-state index in [0.29, 0.717) is 11.1 Å². The second-order valence-electron chi connectivity index (χ2n) is 8.33. The van der Waals surface area contributed by atoms with Crippen molar-refractivity contribution in [3.8, 4) is 0 Å². The van der Waals surface area contributed by atoms with Crippen LogP contribution in [0.2, 0.25) is 0 Å². The summed E-state index contributed by atoms with van der Waals surface area (Å²) in [5, 5.41) is 0. The van der Waals surface area contributed by atoms with E-state index in [9.17, 15) is 19.2 Å². The molecular formula is C28H26O10. The SMILES string of the molecule is CC(=O)O[C@@H]1C=CC(=O)[C@@H](CO[C@@H]2C=C[C@H](OC(=O)c3ccccc3)[C@@H](COC(=O)c3ccccc3)O2)O1. The molecule has 0 fully saturated rings. The lowest BCUT2D eigenvalue weighted by Crippen LogP contribution is -2.44. The Hall–Kier alpha value is -4.12. The van der Waals surface area contributed by atoms with E-state index in [0.717, 1.165) is 0 Å². The van der Waals surface area contributed by atoms with E-state index in [2.05, 4.69) is 0 Å². The monoisotopic (exact) mass is 522 g/mol. The standard InChI is InChI=1S/C28H26O10/c1-18(29)35-26-14-12-21(30)23(36-26)16-33-25-15-13-22(38-28(32)20-10-6-3-7-11-20)24(37-25)17-34-27(31)19-8-4-2-5-9-19/h2-15,22-26H,16-17H2,1H3/t22-,23+,24+,25-,26-/m0/s1. The molecule has 0 radical (unpaired) electrons. The smallest absolute Gasteiger partial charge is 0.338 e. The number of benzene rings is 2. The maximum atomic E-state index is 12.6. The molecule has 0 aromatic heterocycles. The molecule has 0 saturated carbocycles. The number of carbonyl (C=O) groups excluding carboxylic acids is 4. The van der Waals surface area contributed by atoms with E-state index in [-0.39, 0.29) is 19.0 Å². The summed E-state index contributed by atoms with van der Waals surface area (Å²) in [4.78, 5) is 48.5. The predicted octanol–water partition coefficient (Wildman–Crippen LogP) is 2.78. The van der Waals surface area contributed by atoms with Crippen LogP contribution < -0.4 is 0 Å². The summed E-state index contributed by atoms with van der Waals surface area (Å²) in [6.07, 6.45) is 0.909. The molecule has 5 atom stereocenters. The molecule has 0 bridgehead atoms. The molecule has 2 aliphatic heterocycles. The fraction of sp³-hybridized carbons (Fsp3) is 0.286. The first kappa shape index (κ1) is 26.9. The van der Waals surface area contributed by atoms with Crippen LogP contribution in [-0.4, -0.2) is 67.8 Å². The summed E-state index contributed by atoms with van der Waals surface area (Å²) in [5.74, 6) is -2.07. The van der Waals surface area contributed by atoms with Gasteiger partial charge < -0.3 is 28.4 Å². The van der Waals surface area contributed by atoms with E-state index in [1.54, 1.807) is 66.7 Å². The number of ether oxygens (including phenoxy) is 6. The Labute approximate surface area is 218 Å². The van der Waals surface area contributed by atoms with Crippen LogP contribution in [0.1, 0.15) is 27.6 Å². The van der Waals surface area contributed by atoms with Crippen LogP contribution in [0.25, 0.3) is 0 Å². The first-order chi connectivity index (χ1) is 18.4. The van der Waals surface area contributed by atoms with Gasteiger partial charge in [0.1, 0.15) is 18.8 Å². The van der Waals surface area contributed by atoms with Gasteiger partial charge in [-0.05, 0) is 48.6 Å². The van der Waals surface area contributed by atoms with Gasteiger partial charge >= 0.3 is 17.9 Å². The quantitative estimate of drug-likeness (QED) is 0.276. The zero-order valence-corrected chi connectivity index (χ0v) is 20.5. The molecule has 2 heterocycles. The molecule has 0 aliphatic carbocycles. The van der Waals surface area contributed by atoms with Crippen LogP contribution in [-0.2, 0) is 38.0 Å². The lowest BCUT2D eigenvalue weighted by molar-refractivity contribution is -0.210. The fourth-order valence-electron chi connectivity index (χ4n) is 3.63. The summed E-state index contributed by atoms with van der Waals surface area (Å²) in [6.45, 7) is 0.785. The van der Waals surface area contributed by atoms with Crippen LogP contribution in [0.15, 0.2) is 85.0 Å². The Bertz CT molecular complexity index is 1190. The van der Waals surface area contributed by atoms with Crippen molar-refractivity contribution in [2.45, 2.75) is 37.8 Å². The van der Waals surface area contributed by atoms with E-state index in [1.807, 2.05) is 0 Å². The molecule has 10 nitrogen and oxygen atoms in total. The topological polar surface area (TPSA) is 124 Å². The average Bonchev–Trinajstić information content (AvgIpc) is 2.93. The van der Waals surface area contributed by atoms with Crippen molar-refractivity contribution in [3.63, 3.8) is 0 Å². The molecule has 4 rings (SSSR count). The molecule has 38 heavy (non-hydrogen) atoms. The normalized spacial score (nSPS) is 24.4. The van der Waals surface area contributed by atoms with Gasteiger partial charge in [-0.2, -0.15) is 0 Å². The molecule has 198 valence electrons. The van der Waals surface area contributed by atoms with Crippen molar-refractivity contribution in [2.24, 2.45) is 0 Å². The average molecular weight is 523 g/mol. The third-order valence-electron chi connectivity index (χ3n) is 5.50. The van der Waals surface area contributed by atoms with Gasteiger partial charge in [-0.3, -0.25) is 9.59 Å². The number of rotatable bonds is 9. The van der Waals surface area contributed by atoms with Gasteiger partial charge in [0.15, 0.2) is 18.2 Å². The molecular weight excluding hydrogens is 496 g/mol. The zero-order chi connectivity index (χ0) is 26.9. The third kappa shape index (κ3) is 7.45. The third-order valence-corrected chi connectivity index (χ3v) is 5.50. The Morgan fingerprint density at radius 1 is 0.763 bits per heavy atom. The Kier molecular flexibility index (Phi) is 9.15. The number of hydrogen-bond acceptors (Lipinski definition) is 10. The first-order valence-electron chi connectivity index (χ1n) is 11.9. The molecule has 0 unspecified atom stereocenters. The molecule has 0 spiro atoms. The second-order valence-corrected chi connectivity index (χ2v) is 8.33. The van der Waals surface area contributed by atoms with Crippen LogP contribution >= 0.6 is 0 Å². The van der Waals surface area contributed by atoms with Gasteiger partial charge in [0.2, 0.25) is 6.29 Å². The summed E-state index contributed by atoms with van der Waals surface area (Å²) >= 11 is 0. The Balaban J connectivity index is 1.40. The summed E-state index contributed by atoms with van der Waals surface area (Å²) in [6, 6.07) is 16.8. The minimum atomic E-state index is -1.02. The molecule has 2 aromatic carbocycles. The second kappa shape index (κ2) is 12.9. The summed E-state index contributed by atoms with van der Waals surface area (Å²) < 4.78 is 33.0. The van der Waals surface area contributed by atoms with Gasteiger partial charge in [0.05, 0.1) is 17.7 Å². The molecule has 0 saturated heterocycles. The Morgan fingerprint density at radius 2 is 1.42 bits per heavy atom. The van der Waals surface area contributed by atoms with E-state index in [1.165, 1.54) is 25.2 Å². The lowest BCUT2D eigenvalue weighted by atomic mass is 10.1. The molecule has 0 N–H and O–H groups in total. The number of hydrogen-bond donors (Lipinski definition) is 0. The first-order valence-corrected chi connectivity index (χ1v) is 11.9. The zero-order valence-electron chi connectivity index (χ0n) is 20.5. The van der Waals surface area contributed by atoms with Gasteiger partial charge in [0, 0.05) is 6.92 Å². The Morgan fingerprint density at radius 3 is 2.08 bits per heavy atom. The summed E-state index contributed by atoms with van der Waals surface area (Å²) in [5.41, 5.74) is 0.704. The van der Waals surface area contributed by atoms with Crippen molar-refractivity contribution >= 4 is 23.7 Å². The highest BCUT2D eigenvalue weighted by Gasteiger charge is 2.34. The minimum absolute atomic E-state index is 0.207. The van der Waals surface area contributed by atoms with Gasteiger partial charge in [-0.25, -0.2) is 9.59 Å². The van der Waals surface area contributed by atoms with Crippen LogP contribution in [0, 0.1) is 0 Å². The van der Waals surface area contributed by atoms with E-state index >= 15 is 0 Å². The summed E-state index contributed by atoms with van der Waals surface area (Å²) in [7, 11) is 0. The van der Waals surface area contributed by atoms with Gasteiger partial charge in [-0.15, -0.1) is 0 Å². The van der Waals surface area contributed by atoms with Crippen molar-refractivity contribution in [2.75, 3.05) is 13.2 Å². The van der Waals surface area contributed by atoms with Crippen molar-refractivity contribution in [3.05, 3.63) is 96.1 Å². The highest BCUT2D eigenvalue weighted by atomic mass is 16.7. The van der Waals surface area contributed by atoms with E-state index in [4.69, 9.17) is 28.4 Å². The minimum Gasteiger partial charge on any atom is -0.459 e. The predicted molar refractivity (Wildman–Crippen MR) is 131 cm³/mol. The van der Waals surface area contributed by atoms with Crippen molar-refractivity contribution < 1.29 is 47.6 Å². The van der Waals surface area contributed by atoms with Crippen LogP contribution in [0.4, 0.5) is 0 Å². The molecule has 10 heteroatoms. The van der Waals surface area contributed by atoms with Gasteiger partial charge in [-0.1, -0.05) is 36.4 Å². The maximum absolute atomic E-state index is 12.6. The fourth-order valence-corrected chi connectivity index (χ4v) is 3.63. The molecule has 0 amide bonds.